The third-order valence-electron chi connectivity index (χ3n) is 5.25. The van der Waals surface area contributed by atoms with Crippen LogP contribution in [0.1, 0.15) is 19.4 Å². The highest BCUT2D eigenvalue weighted by atomic mass is 79.9. The molecule has 0 saturated carbocycles. The molecule has 30 heavy (non-hydrogen) atoms. The molecule has 7 heteroatoms. The van der Waals surface area contributed by atoms with Gasteiger partial charge in [0.05, 0.1) is 0 Å². The van der Waals surface area contributed by atoms with Gasteiger partial charge in [0, 0.05) is 42.9 Å². The summed E-state index contributed by atoms with van der Waals surface area (Å²) in [4.78, 5) is 29.8. The van der Waals surface area contributed by atoms with Gasteiger partial charge in [-0.1, -0.05) is 60.1 Å². The molecule has 1 atom stereocenters. The van der Waals surface area contributed by atoms with Crippen molar-refractivity contribution in [1.82, 2.24) is 15.1 Å². The topological polar surface area (TPSA) is 64.7 Å². The van der Waals surface area contributed by atoms with Crippen molar-refractivity contribution in [2.24, 2.45) is 5.92 Å². The molecule has 1 heterocycles. The number of hydrogen-bond donors (Lipinski definition) is 2. The molecule has 0 radical (unpaired) electrons. The predicted octanol–water partition coefficient (Wildman–Crippen LogP) is 3.94. The average Bonchev–Trinajstić information content (AvgIpc) is 2.74. The summed E-state index contributed by atoms with van der Waals surface area (Å²) >= 11 is 3.37. The molecule has 0 aliphatic carbocycles. The molecule has 1 saturated heterocycles. The molecule has 160 valence electrons. The van der Waals surface area contributed by atoms with E-state index in [9.17, 15) is 9.59 Å². The van der Waals surface area contributed by atoms with Gasteiger partial charge in [0.1, 0.15) is 6.04 Å². The van der Waals surface area contributed by atoms with E-state index in [0.29, 0.717) is 18.8 Å². The van der Waals surface area contributed by atoms with Crippen LogP contribution in [0.5, 0.6) is 0 Å². The zero-order valence-electron chi connectivity index (χ0n) is 17.5. The van der Waals surface area contributed by atoms with Gasteiger partial charge < -0.3 is 15.5 Å². The fourth-order valence-electron chi connectivity index (χ4n) is 3.52. The number of rotatable bonds is 6. The summed E-state index contributed by atoms with van der Waals surface area (Å²) in [5.41, 5.74) is 1.96. The zero-order valence-corrected chi connectivity index (χ0v) is 19.1. The Morgan fingerprint density at radius 1 is 0.967 bits per heavy atom. The van der Waals surface area contributed by atoms with Crippen LogP contribution in [0.15, 0.2) is 59.1 Å². The fraction of sp³-hybridized carbons (Fsp3) is 0.391. The lowest BCUT2D eigenvalue weighted by molar-refractivity contribution is -0.136. The summed E-state index contributed by atoms with van der Waals surface area (Å²) in [7, 11) is 0. The maximum Gasteiger partial charge on any atom is 0.319 e. The number of carbonyl (C=O) groups is 2. The van der Waals surface area contributed by atoms with E-state index in [1.807, 2.05) is 61.2 Å². The standard InChI is InChI=1S/C23H29BrN4O2/c1-17(2)21(26-23(30)25-20-10-8-19(24)9-11-20)22(29)28-14-12-27(13-15-28)16-18-6-4-3-5-7-18/h3-11,17,21H,12-16H2,1-2H3,(H2,25,26,30)/t21-/m1/s1. The number of piperazine rings is 1. The molecule has 1 aliphatic heterocycles. The van der Waals surface area contributed by atoms with Crippen LogP contribution in [0, 0.1) is 5.92 Å². The first-order valence-electron chi connectivity index (χ1n) is 10.3. The Kier molecular flexibility index (Phi) is 7.87. The molecule has 0 aromatic heterocycles. The van der Waals surface area contributed by atoms with Crippen LogP contribution in [0.25, 0.3) is 0 Å². The fourth-order valence-corrected chi connectivity index (χ4v) is 3.78. The Balaban J connectivity index is 1.52. The highest BCUT2D eigenvalue weighted by Crippen LogP contribution is 2.15. The van der Waals surface area contributed by atoms with Crippen molar-refractivity contribution in [2.45, 2.75) is 26.4 Å². The summed E-state index contributed by atoms with van der Waals surface area (Å²) in [5, 5.41) is 5.66. The Bertz CT molecular complexity index is 834. The van der Waals surface area contributed by atoms with Crippen LogP contribution in [0.4, 0.5) is 10.5 Å². The van der Waals surface area contributed by atoms with Crippen molar-refractivity contribution < 1.29 is 9.59 Å². The number of benzene rings is 2. The van der Waals surface area contributed by atoms with Crippen LogP contribution < -0.4 is 10.6 Å². The monoisotopic (exact) mass is 472 g/mol. The lowest BCUT2D eigenvalue weighted by Gasteiger charge is -2.37. The summed E-state index contributed by atoms with van der Waals surface area (Å²) in [6.45, 7) is 7.80. The first-order chi connectivity index (χ1) is 14.4. The van der Waals surface area contributed by atoms with E-state index in [2.05, 4.69) is 43.6 Å². The normalized spacial score (nSPS) is 15.7. The molecule has 6 nitrogen and oxygen atoms in total. The van der Waals surface area contributed by atoms with Crippen molar-refractivity contribution in [3.05, 3.63) is 64.6 Å². The Labute approximate surface area is 186 Å². The minimum atomic E-state index is -0.555. The van der Waals surface area contributed by atoms with E-state index in [0.717, 1.165) is 24.1 Å². The van der Waals surface area contributed by atoms with Gasteiger partial charge in [-0.2, -0.15) is 0 Å². The summed E-state index contributed by atoms with van der Waals surface area (Å²) < 4.78 is 0.940. The second-order valence-electron chi connectivity index (χ2n) is 7.91. The SMILES string of the molecule is CC(C)[C@@H](NC(=O)Nc1ccc(Br)cc1)C(=O)N1CCN(Cc2ccccc2)CC1. The van der Waals surface area contributed by atoms with Gasteiger partial charge in [0.25, 0.3) is 0 Å². The van der Waals surface area contributed by atoms with Crippen LogP contribution >= 0.6 is 15.9 Å². The van der Waals surface area contributed by atoms with E-state index in [1.54, 1.807) is 0 Å². The molecule has 3 amide bonds. The molecule has 0 spiro atoms. The molecular weight excluding hydrogens is 444 g/mol. The molecule has 0 bridgehead atoms. The number of amides is 3. The summed E-state index contributed by atoms with van der Waals surface area (Å²) in [6.07, 6.45) is 0. The average molecular weight is 473 g/mol. The number of carbonyl (C=O) groups excluding carboxylic acids is 2. The third kappa shape index (κ3) is 6.31. The molecule has 2 aromatic rings. The molecule has 1 fully saturated rings. The maximum atomic E-state index is 13.1. The summed E-state index contributed by atoms with van der Waals surface area (Å²) in [5.74, 6) is -0.0224. The van der Waals surface area contributed by atoms with Crippen LogP contribution in [0.2, 0.25) is 0 Å². The molecule has 2 N–H and O–H groups in total. The van der Waals surface area contributed by atoms with E-state index < -0.39 is 6.04 Å². The number of urea groups is 1. The molecule has 1 aliphatic rings. The van der Waals surface area contributed by atoms with Crippen LogP contribution in [0.3, 0.4) is 0 Å². The number of nitrogens with zero attached hydrogens (tertiary/aromatic N) is 2. The largest absolute Gasteiger partial charge is 0.338 e. The van der Waals surface area contributed by atoms with E-state index in [4.69, 9.17) is 0 Å². The first kappa shape index (κ1) is 22.3. The Hall–Kier alpha value is -2.38. The lowest BCUT2D eigenvalue weighted by atomic mass is 10.0. The number of hydrogen-bond acceptors (Lipinski definition) is 3. The second kappa shape index (κ2) is 10.6. The smallest absolute Gasteiger partial charge is 0.319 e. The van der Waals surface area contributed by atoms with Crippen LogP contribution in [-0.2, 0) is 11.3 Å². The first-order valence-corrected chi connectivity index (χ1v) is 11.1. The molecule has 3 rings (SSSR count). The minimum Gasteiger partial charge on any atom is -0.338 e. The lowest BCUT2D eigenvalue weighted by Crippen LogP contribution is -2.56. The van der Waals surface area contributed by atoms with E-state index in [1.165, 1.54) is 5.56 Å². The summed E-state index contributed by atoms with van der Waals surface area (Å²) in [6, 6.07) is 16.8. The van der Waals surface area contributed by atoms with Gasteiger partial charge >= 0.3 is 6.03 Å². The zero-order chi connectivity index (χ0) is 21.5. The predicted molar refractivity (Wildman–Crippen MR) is 123 cm³/mol. The van der Waals surface area contributed by atoms with Crippen molar-refractivity contribution in [3.8, 4) is 0 Å². The van der Waals surface area contributed by atoms with Gasteiger partial charge in [0.15, 0.2) is 0 Å². The third-order valence-corrected chi connectivity index (χ3v) is 5.78. The van der Waals surface area contributed by atoms with Crippen molar-refractivity contribution >= 4 is 33.6 Å². The molecule has 2 aromatic carbocycles. The number of nitrogens with one attached hydrogen (secondary N) is 2. The van der Waals surface area contributed by atoms with Gasteiger partial charge in [-0.05, 0) is 35.7 Å². The Morgan fingerprint density at radius 3 is 2.20 bits per heavy atom. The molecular formula is C23H29BrN4O2. The van der Waals surface area contributed by atoms with Gasteiger partial charge in [-0.25, -0.2) is 4.79 Å². The highest BCUT2D eigenvalue weighted by Gasteiger charge is 2.30. The Morgan fingerprint density at radius 2 is 1.60 bits per heavy atom. The van der Waals surface area contributed by atoms with Gasteiger partial charge in [-0.3, -0.25) is 9.69 Å². The minimum absolute atomic E-state index is 0.00415. The molecule has 0 unspecified atom stereocenters. The maximum absolute atomic E-state index is 13.1. The van der Waals surface area contributed by atoms with Gasteiger partial charge in [-0.15, -0.1) is 0 Å². The van der Waals surface area contributed by atoms with E-state index in [-0.39, 0.29) is 17.9 Å². The second-order valence-corrected chi connectivity index (χ2v) is 8.83. The van der Waals surface area contributed by atoms with Crippen LogP contribution in [-0.4, -0.2) is 54.0 Å². The van der Waals surface area contributed by atoms with Crippen molar-refractivity contribution in [2.75, 3.05) is 31.5 Å². The van der Waals surface area contributed by atoms with E-state index >= 15 is 0 Å². The van der Waals surface area contributed by atoms with Gasteiger partial charge in [0.2, 0.25) is 5.91 Å². The number of halogens is 1. The quantitative estimate of drug-likeness (QED) is 0.668. The van der Waals surface area contributed by atoms with Crippen molar-refractivity contribution in [3.63, 3.8) is 0 Å². The highest BCUT2D eigenvalue weighted by molar-refractivity contribution is 9.10. The van der Waals surface area contributed by atoms with Crippen molar-refractivity contribution in [1.29, 1.82) is 0 Å². The number of anilines is 1.